The van der Waals surface area contributed by atoms with Gasteiger partial charge in [0.05, 0.1) is 5.69 Å². The largest absolute Gasteiger partial charge is 0.353 e. The molecule has 0 amide bonds. The Bertz CT molecular complexity index is 372. The third-order valence-corrected chi connectivity index (χ3v) is 3.32. The van der Waals surface area contributed by atoms with E-state index in [1.54, 1.807) is 0 Å². The van der Waals surface area contributed by atoms with Gasteiger partial charge in [-0.2, -0.15) is 5.10 Å². The van der Waals surface area contributed by atoms with Crippen molar-refractivity contribution in [3.05, 3.63) is 17.8 Å². The van der Waals surface area contributed by atoms with Gasteiger partial charge in [-0.05, 0) is 24.0 Å². The van der Waals surface area contributed by atoms with Gasteiger partial charge in [-0.25, -0.2) is 0 Å². The van der Waals surface area contributed by atoms with Crippen molar-refractivity contribution in [1.29, 1.82) is 0 Å². The number of aromatic nitrogens is 2. The lowest BCUT2D eigenvalue weighted by molar-refractivity contribution is 0.369. The van der Waals surface area contributed by atoms with E-state index in [1.165, 1.54) is 0 Å². The van der Waals surface area contributed by atoms with Crippen molar-refractivity contribution < 1.29 is 0 Å². The van der Waals surface area contributed by atoms with Crippen molar-refractivity contribution in [3.63, 3.8) is 0 Å². The fourth-order valence-corrected chi connectivity index (χ4v) is 2.40. The van der Waals surface area contributed by atoms with Gasteiger partial charge in [0.2, 0.25) is 0 Å². The number of hydrogen-bond donors (Lipinski definition) is 1. The Kier molecular flexibility index (Phi) is 4.17. The van der Waals surface area contributed by atoms with E-state index >= 15 is 0 Å². The van der Waals surface area contributed by atoms with Crippen molar-refractivity contribution in [2.45, 2.75) is 33.6 Å². The molecular formula is C14H24N4. The average molecular weight is 248 g/mol. The molecule has 1 aliphatic heterocycles. The van der Waals surface area contributed by atoms with E-state index in [2.05, 4.69) is 53.3 Å². The highest BCUT2D eigenvalue weighted by Gasteiger charge is 2.25. The molecule has 1 aliphatic rings. The van der Waals surface area contributed by atoms with E-state index in [-0.39, 0.29) is 5.41 Å². The minimum Gasteiger partial charge on any atom is -0.353 e. The van der Waals surface area contributed by atoms with Crippen molar-refractivity contribution in [2.24, 2.45) is 5.41 Å². The molecule has 0 atom stereocenters. The van der Waals surface area contributed by atoms with Crippen LogP contribution >= 0.6 is 0 Å². The molecule has 4 nitrogen and oxygen atoms in total. The first-order chi connectivity index (χ1) is 8.61. The van der Waals surface area contributed by atoms with E-state index in [4.69, 9.17) is 0 Å². The summed E-state index contributed by atoms with van der Waals surface area (Å²) in [5.74, 6) is 1.01. The Morgan fingerprint density at radius 3 is 2.83 bits per heavy atom. The van der Waals surface area contributed by atoms with Crippen LogP contribution in [0.4, 0.5) is 5.82 Å². The van der Waals surface area contributed by atoms with Crippen molar-refractivity contribution in [2.75, 3.05) is 31.1 Å². The maximum atomic E-state index is 4.38. The zero-order valence-electron chi connectivity index (χ0n) is 11.7. The fourth-order valence-electron chi connectivity index (χ4n) is 2.40. The number of aryl methyl sites for hydroxylation is 1. The summed E-state index contributed by atoms with van der Waals surface area (Å²) in [6.45, 7) is 10.9. The molecule has 0 aliphatic carbocycles. The molecule has 0 radical (unpaired) electrons. The van der Waals surface area contributed by atoms with Crippen LogP contribution in [0.5, 0.6) is 0 Å². The van der Waals surface area contributed by atoms with Crippen molar-refractivity contribution in [3.8, 4) is 0 Å². The third-order valence-electron chi connectivity index (χ3n) is 3.32. The van der Waals surface area contributed by atoms with E-state index < -0.39 is 0 Å². The predicted octanol–water partition coefficient (Wildman–Crippen LogP) is 1.86. The van der Waals surface area contributed by atoms with Crippen molar-refractivity contribution >= 4 is 5.82 Å². The predicted molar refractivity (Wildman–Crippen MR) is 74.9 cm³/mol. The highest BCUT2D eigenvalue weighted by molar-refractivity contribution is 5.38. The van der Waals surface area contributed by atoms with Crippen LogP contribution in [0.3, 0.4) is 0 Å². The quantitative estimate of drug-likeness (QED) is 0.886. The van der Waals surface area contributed by atoms with Crippen LogP contribution in [0.2, 0.25) is 0 Å². The van der Waals surface area contributed by atoms with Gasteiger partial charge in [0.1, 0.15) is 0 Å². The van der Waals surface area contributed by atoms with Crippen LogP contribution in [0, 0.1) is 5.41 Å². The Morgan fingerprint density at radius 2 is 2.17 bits per heavy atom. The molecule has 0 aromatic carbocycles. The van der Waals surface area contributed by atoms with Crippen LogP contribution in [-0.2, 0) is 6.42 Å². The fraction of sp³-hybridized carbons (Fsp3) is 0.714. The lowest BCUT2D eigenvalue weighted by Gasteiger charge is -2.29. The maximum absolute atomic E-state index is 4.38. The second-order valence-electron chi connectivity index (χ2n) is 5.90. The van der Waals surface area contributed by atoms with E-state index in [1.807, 2.05) is 0 Å². The molecule has 4 heteroatoms. The Labute approximate surface area is 110 Å². The first-order valence-corrected chi connectivity index (χ1v) is 6.89. The molecule has 0 bridgehead atoms. The molecule has 1 fully saturated rings. The summed E-state index contributed by atoms with van der Waals surface area (Å²) in [7, 11) is 0. The summed E-state index contributed by atoms with van der Waals surface area (Å²) in [6.07, 6.45) is 2.13. The highest BCUT2D eigenvalue weighted by Crippen LogP contribution is 2.21. The lowest BCUT2D eigenvalue weighted by atomic mass is 9.93. The Hall–Kier alpha value is -1.16. The highest BCUT2D eigenvalue weighted by atomic mass is 15.3. The monoisotopic (exact) mass is 248 g/mol. The second kappa shape index (κ2) is 5.65. The summed E-state index contributed by atoms with van der Waals surface area (Å²) in [5, 5.41) is 12.2. The van der Waals surface area contributed by atoms with Gasteiger partial charge in [-0.15, -0.1) is 5.10 Å². The zero-order valence-corrected chi connectivity index (χ0v) is 11.7. The third kappa shape index (κ3) is 3.42. The molecule has 1 N–H and O–H groups in total. The van der Waals surface area contributed by atoms with Crippen LogP contribution in [-0.4, -0.2) is 36.4 Å². The molecule has 1 aromatic rings. The molecule has 100 valence electrons. The molecule has 2 rings (SSSR count). The smallest absolute Gasteiger partial charge is 0.151 e. The van der Waals surface area contributed by atoms with Gasteiger partial charge in [-0.3, -0.25) is 0 Å². The number of nitrogens with zero attached hydrogens (tertiary/aromatic N) is 3. The van der Waals surface area contributed by atoms with E-state index in [0.717, 1.165) is 50.5 Å². The normalized spacial score (nSPS) is 19.6. The SMILES string of the molecule is CCCc1ccc(N2CCNCC(C)(C)C2)nn1. The summed E-state index contributed by atoms with van der Waals surface area (Å²) < 4.78 is 0. The van der Waals surface area contributed by atoms with Crippen LogP contribution < -0.4 is 10.2 Å². The Balaban J connectivity index is 2.09. The minimum absolute atomic E-state index is 0.278. The lowest BCUT2D eigenvalue weighted by Crippen LogP contribution is -2.35. The van der Waals surface area contributed by atoms with E-state index in [0.29, 0.717) is 0 Å². The molecule has 1 aromatic heterocycles. The first kappa shape index (κ1) is 13.3. The number of anilines is 1. The van der Waals surface area contributed by atoms with Gasteiger partial charge in [0.15, 0.2) is 5.82 Å². The summed E-state index contributed by atoms with van der Waals surface area (Å²) in [5.41, 5.74) is 1.37. The molecule has 0 saturated carbocycles. The van der Waals surface area contributed by atoms with Crippen molar-refractivity contribution in [1.82, 2.24) is 15.5 Å². The zero-order chi connectivity index (χ0) is 13.0. The number of nitrogens with one attached hydrogen (secondary N) is 1. The van der Waals surface area contributed by atoms with Gasteiger partial charge >= 0.3 is 0 Å². The topological polar surface area (TPSA) is 41.0 Å². The van der Waals surface area contributed by atoms with Crippen LogP contribution in [0.25, 0.3) is 0 Å². The summed E-state index contributed by atoms with van der Waals surface area (Å²) in [6, 6.07) is 4.22. The van der Waals surface area contributed by atoms with Gasteiger partial charge in [-0.1, -0.05) is 27.2 Å². The number of rotatable bonds is 3. The minimum atomic E-state index is 0.278. The van der Waals surface area contributed by atoms with Gasteiger partial charge in [0.25, 0.3) is 0 Å². The van der Waals surface area contributed by atoms with Gasteiger partial charge < -0.3 is 10.2 Å². The standard InChI is InChI=1S/C14H24N4/c1-4-5-12-6-7-13(17-16-12)18-9-8-15-10-14(2,3)11-18/h6-7,15H,4-5,8-11H2,1-3H3. The summed E-state index contributed by atoms with van der Waals surface area (Å²) in [4.78, 5) is 2.34. The van der Waals surface area contributed by atoms with Crippen LogP contribution in [0.15, 0.2) is 12.1 Å². The first-order valence-electron chi connectivity index (χ1n) is 6.89. The molecule has 0 spiro atoms. The molecule has 18 heavy (non-hydrogen) atoms. The Morgan fingerprint density at radius 1 is 1.33 bits per heavy atom. The molecule has 0 unspecified atom stereocenters. The van der Waals surface area contributed by atoms with Crippen LogP contribution in [0.1, 0.15) is 32.9 Å². The maximum Gasteiger partial charge on any atom is 0.151 e. The second-order valence-corrected chi connectivity index (χ2v) is 5.90. The van der Waals surface area contributed by atoms with E-state index in [9.17, 15) is 0 Å². The van der Waals surface area contributed by atoms with Gasteiger partial charge in [0, 0.05) is 26.2 Å². The molecule has 1 saturated heterocycles. The average Bonchev–Trinajstić information content (AvgIpc) is 2.52. The number of hydrogen-bond acceptors (Lipinski definition) is 4. The molecular weight excluding hydrogens is 224 g/mol. The summed E-state index contributed by atoms with van der Waals surface area (Å²) >= 11 is 0. The molecule has 2 heterocycles.